The molecule has 16 heavy (non-hydrogen) atoms. The smallest absolute Gasteiger partial charge is 0.0589 e. The van der Waals surface area contributed by atoms with Gasteiger partial charge in [-0.15, -0.1) is 0 Å². The zero-order valence-corrected chi connectivity index (χ0v) is 9.56. The molecular formula is C13H13ClN2. The Morgan fingerprint density at radius 2 is 1.94 bits per heavy atom. The molecule has 2 aromatic rings. The Bertz CT molecular complexity index is 456. The molecule has 2 nitrogen and oxygen atoms in total. The topological polar surface area (TPSA) is 38.9 Å². The van der Waals surface area contributed by atoms with Gasteiger partial charge >= 0.3 is 0 Å². The van der Waals surface area contributed by atoms with E-state index in [1.807, 2.05) is 24.3 Å². The summed E-state index contributed by atoms with van der Waals surface area (Å²) in [7, 11) is 0. The van der Waals surface area contributed by atoms with Gasteiger partial charge in [-0.25, -0.2) is 0 Å². The molecule has 0 aliphatic heterocycles. The van der Waals surface area contributed by atoms with Crippen molar-refractivity contribution in [2.45, 2.75) is 12.5 Å². The van der Waals surface area contributed by atoms with E-state index in [0.717, 1.165) is 12.1 Å². The Balaban J connectivity index is 2.12. The van der Waals surface area contributed by atoms with E-state index in [-0.39, 0.29) is 6.04 Å². The molecule has 0 amide bonds. The molecule has 1 aromatic heterocycles. The van der Waals surface area contributed by atoms with Gasteiger partial charge in [0.05, 0.1) is 11.7 Å². The lowest BCUT2D eigenvalue weighted by molar-refractivity contribution is 0.696. The first-order valence-electron chi connectivity index (χ1n) is 5.16. The fourth-order valence-electron chi connectivity index (χ4n) is 1.60. The van der Waals surface area contributed by atoms with Crippen molar-refractivity contribution in [1.29, 1.82) is 0 Å². The maximum atomic E-state index is 6.07. The quantitative estimate of drug-likeness (QED) is 0.884. The van der Waals surface area contributed by atoms with Crippen molar-refractivity contribution >= 4 is 11.6 Å². The zero-order chi connectivity index (χ0) is 11.4. The normalized spacial score (nSPS) is 12.4. The van der Waals surface area contributed by atoms with Gasteiger partial charge in [0.15, 0.2) is 0 Å². The molecular weight excluding hydrogens is 220 g/mol. The molecule has 1 atom stereocenters. The summed E-state index contributed by atoms with van der Waals surface area (Å²) in [5.41, 5.74) is 8.11. The van der Waals surface area contributed by atoms with Crippen LogP contribution < -0.4 is 5.73 Å². The fraction of sp³-hybridized carbons (Fsp3) is 0.154. The van der Waals surface area contributed by atoms with E-state index in [9.17, 15) is 0 Å². The van der Waals surface area contributed by atoms with Crippen LogP contribution in [0, 0.1) is 0 Å². The van der Waals surface area contributed by atoms with Crippen molar-refractivity contribution in [3.8, 4) is 0 Å². The second-order valence-electron chi connectivity index (χ2n) is 3.70. The molecule has 2 rings (SSSR count). The number of hydrogen-bond acceptors (Lipinski definition) is 2. The van der Waals surface area contributed by atoms with Crippen LogP contribution in [0.3, 0.4) is 0 Å². The van der Waals surface area contributed by atoms with Crippen molar-refractivity contribution < 1.29 is 0 Å². The second-order valence-corrected chi connectivity index (χ2v) is 4.13. The van der Waals surface area contributed by atoms with Gasteiger partial charge in [0.2, 0.25) is 0 Å². The van der Waals surface area contributed by atoms with E-state index >= 15 is 0 Å². The number of nitrogens with two attached hydrogens (primary N) is 1. The summed E-state index contributed by atoms with van der Waals surface area (Å²) in [4.78, 5) is 4.23. The minimum Gasteiger partial charge on any atom is -0.322 e. The van der Waals surface area contributed by atoms with Crippen LogP contribution in [0.25, 0.3) is 0 Å². The number of hydrogen-bond donors (Lipinski definition) is 1. The van der Waals surface area contributed by atoms with E-state index in [1.54, 1.807) is 12.3 Å². The molecule has 0 bridgehead atoms. The minimum absolute atomic E-state index is 0.110. The van der Waals surface area contributed by atoms with Gasteiger partial charge < -0.3 is 5.73 Å². The molecule has 82 valence electrons. The number of halogens is 1. The van der Waals surface area contributed by atoms with Crippen LogP contribution in [0.5, 0.6) is 0 Å². The first-order valence-corrected chi connectivity index (χ1v) is 5.54. The number of rotatable bonds is 3. The predicted octanol–water partition coefficient (Wildman–Crippen LogP) is 2.98. The van der Waals surface area contributed by atoms with E-state index < -0.39 is 0 Å². The molecule has 3 heteroatoms. The van der Waals surface area contributed by atoms with Crippen molar-refractivity contribution in [1.82, 2.24) is 4.98 Å². The lowest BCUT2D eigenvalue weighted by Gasteiger charge is -2.11. The molecule has 0 saturated heterocycles. The lowest BCUT2D eigenvalue weighted by atomic mass is 10.0. The fourth-order valence-corrected chi connectivity index (χ4v) is 1.76. The van der Waals surface area contributed by atoms with Gasteiger partial charge in [0.25, 0.3) is 0 Å². The highest BCUT2D eigenvalue weighted by molar-refractivity contribution is 6.30. The third kappa shape index (κ3) is 2.81. The largest absolute Gasteiger partial charge is 0.322 e. The Labute approximate surface area is 100 Å². The summed E-state index contributed by atoms with van der Waals surface area (Å²) < 4.78 is 0. The van der Waals surface area contributed by atoms with Crippen LogP contribution >= 0.6 is 11.6 Å². The standard InChI is InChI=1S/C13H13ClN2/c14-11-6-7-16-13(9-11)12(15)8-10-4-2-1-3-5-10/h1-7,9,12H,8,15H2/t12-/m0/s1. The molecule has 0 radical (unpaired) electrons. The van der Waals surface area contributed by atoms with Crippen LogP contribution in [0.15, 0.2) is 48.7 Å². The molecule has 0 aliphatic rings. The Hall–Kier alpha value is -1.38. The molecule has 1 aromatic carbocycles. The van der Waals surface area contributed by atoms with E-state index in [2.05, 4.69) is 17.1 Å². The van der Waals surface area contributed by atoms with Crippen molar-refractivity contribution in [3.05, 3.63) is 64.9 Å². The Morgan fingerprint density at radius 1 is 1.19 bits per heavy atom. The monoisotopic (exact) mass is 232 g/mol. The van der Waals surface area contributed by atoms with Gasteiger partial charge in [-0.3, -0.25) is 4.98 Å². The molecule has 2 N–H and O–H groups in total. The summed E-state index contributed by atoms with van der Waals surface area (Å²) in [5, 5.41) is 0.675. The van der Waals surface area contributed by atoms with Crippen LogP contribution in [-0.2, 0) is 6.42 Å². The summed E-state index contributed by atoms with van der Waals surface area (Å²) in [6, 6.07) is 13.6. The Morgan fingerprint density at radius 3 is 2.62 bits per heavy atom. The number of pyridine rings is 1. The number of benzene rings is 1. The summed E-state index contributed by atoms with van der Waals surface area (Å²) >= 11 is 5.90. The zero-order valence-electron chi connectivity index (χ0n) is 8.81. The second kappa shape index (κ2) is 5.10. The summed E-state index contributed by atoms with van der Waals surface area (Å²) in [6.45, 7) is 0. The first kappa shape index (κ1) is 11.1. The molecule has 0 saturated carbocycles. The van der Waals surface area contributed by atoms with Gasteiger partial charge in [-0.2, -0.15) is 0 Å². The average Bonchev–Trinajstić information content (AvgIpc) is 2.30. The van der Waals surface area contributed by atoms with Gasteiger partial charge in [-0.05, 0) is 24.1 Å². The van der Waals surface area contributed by atoms with Crippen molar-refractivity contribution in [2.24, 2.45) is 5.73 Å². The molecule has 1 heterocycles. The first-order chi connectivity index (χ1) is 7.75. The molecule has 0 spiro atoms. The number of aromatic nitrogens is 1. The maximum Gasteiger partial charge on any atom is 0.0589 e. The predicted molar refractivity (Wildman–Crippen MR) is 66.3 cm³/mol. The highest BCUT2D eigenvalue weighted by Gasteiger charge is 2.08. The van der Waals surface area contributed by atoms with Gasteiger partial charge in [-0.1, -0.05) is 41.9 Å². The average molecular weight is 233 g/mol. The van der Waals surface area contributed by atoms with E-state index in [0.29, 0.717) is 5.02 Å². The third-order valence-electron chi connectivity index (χ3n) is 2.42. The Kier molecular flexibility index (Phi) is 3.54. The molecule has 0 aliphatic carbocycles. The van der Waals surface area contributed by atoms with Crippen molar-refractivity contribution in [2.75, 3.05) is 0 Å². The highest BCUT2D eigenvalue weighted by Crippen LogP contribution is 2.17. The molecule has 0 unspecified atom stereocenters. The SMILES string of the molecule is N[C@@H](Cc1ccccc1)c1cc(Cl)ccn1. The lowest BCUT2D eigenvalue weighted by Crippen LogP contribution is -2.14. The number of nitrogens with zero attached hydrogens (tertiary/aromatic N) is 1. The summed E-state index contributed by atoms with van der Waals surface area (Å²) in [5.74, 6) is 0. The van der Waals surface area contributed by atoms with E-state index in [4.69, 9.17) is 17.3 Å². The van der Waals surface area contributed by atoms with Crippen LogP contribution in [0.1, 0.15) is 17.3 Å². The van der Waals surface area contributed by atoms with Crippen LogP contribution in [0.4, 0.5) is 0 Å². The van der Waals surface area contributed by atoms with Gasteiger partial charge in [0, 0.05) is 11.2 Å². The van der Waals surface area contributed by atoms with Crippen LogP contribution in [-0.4, -0.2) is 4.98 Å². The third-order valence-corrected chi connectivity index (χ3v) is 2.66. The van der Waals surface area contributed by atoms with Crippen molar-refractivity contribution in [3.63, 3.8) is 0 Å². The minimum atomic E-state index is -0.110. The summed E-state index contributed by atoms with van der Waals surface area (Å²) in [6.07, 6.45) is 2.46. The molecule has 0 fully saturated rings. The maximum absolute atomic E-state index is 6.07. The van der Waals surface area contributed by atoms with Crippen LogP contribution in [0.2, 0.25) is 5.02 Å². The highest BCUT2D eigenvalue weighted by atomic mass is 35.5. The van der Waals surface area contributed by atoms with E-state index in [1.165, 1.54) is 5.56 Å². The van der Waals surface area contributed by atoms with Gasteiger partial charge in [0.1, 0.15) is 0 Å².